The maximum Gasteiger partial charge on any atom is 0.134 e. The van der Waals surface area contributed by atoms with Crippen molar-refractivity contribution in [3.8, 4) is 5.75 Å². The van der Waals surface area contributed by atoms with E-state index in [-0.39, 0.29) is 11.3 Å². The molecular weight excluding hydrogens is 305 g/mol. The predicted molar refractivity (Wildman–Crippen MR) is 76.8 cm³/mol. The highest BCUT2D eigenvalue weighted by atomic mass is 35.5. The highest BCUT2D eigenvalue weighted by Crippen LogP contribution is 2.37. The van der Waals surface area contributed by atoms with Gasteiger partial charge in [-0.3, -0.25) is 0 Å². The van der Waals surface area contributed by atoms with Gasteiger partial charge in [-0.15, -0.1) is 11.6 Å². The molecule has 0 N–H and O–H groups in total. The van der Waals surface area contributed by atoms with E-state index in [1.807, 2.05) is 0 Å². The Hall–Kier alpha value is -1.32. The SMILES string of the molecule is COc1cc(F)c(C(Cl)c2cccc(Cl)c2C)c(F)c1. The molecule has 0 aliphatic heterocycles. The van der Waals surface area contributed by atoms with E-state index in [1.165, 1.54) is 7.11 Å². The van der Waals surface area contributed by atoms with Crippen LogP contribution in [0.25, 0.3) is 0 Å². The molecule has 0 fully saturated rings. The molecule has 2 aromatic rings. The van der Waals surface area contributed by atoms with Gasteiger partial charge in [-0.05, 0) is 24.1 Å². The lowest BCUT2D eigenvalue weighted by Crippen LogP contribution is -2.04. The van der Waals surface area contributed by atoms with Crippen LogP contribution in [0.1, 0.15) is 22.1 Å². The van der Waals surface area contributed by atoms with Crippen LogP contribution in [0.4, 0.5) is 8.78 Å². The Balaban J connectivity index is 2.54. The molecule has 0 radical (unpaired) electrons. The monoisotopic (exact) mass is 316 g/mol. The summed E-state index contributed by atoms with van der Waals surface area (Å²) in [5, 5.41) is -0.456. The first-order chi connectivity index (χ1) is 9.45. The molecule has 2 aromatic carbocycles. The van der Waals surface area contributed by atoms with Gasteiger partial charge in [0.1, 0.15) is 17.4 Å². The minimum Gasteiger partial charge on any atom is -0.497 e. The summed E-state index contributed by atoms with van der Waals surface area (Å²) in [6, 6.07) is 7.30. The van der Waals surface area contributed by atoms with Crippen LogP contribution in [0.2, 0.25) is 5.02 Å². The quantitative estimate of drug-likeness (QED) is 0.701. The summed E-state index contributed by atoms with van der Waals surface area (Å²) in [7, 11) is 1.34. The first kappa shape index (κ1) is 15.1. The zero-order valence-corrected chi connectivity index (χ0v) is 12.4. The Morgan fingerprint density at radius 3 is 2.30 bits per heavy atom. The molecule has 1 atom stereocenters. The van der Waals surface area contributed by atoms with E-state index in [2.05, 4.69) is 0 Å². The summed E-state index contributed by atoms with van der Waals surface area (Å²) in [6.45, 7) is 1.76. The van der Waals surface area contributed by atoms with Crippen molar-refractivity contribution in [3.63, 3.8) is 0 Å². The van der Waals surface area contributed by atoms with Gasteiger partial charge in [0.2, 0.25) is 0 Å². The Bertz CT molecular complexity index is 621. The normalized spacial score (nSPS) is 12.3. The van der Waals surface area contributed by atoms with Gasteiger partial charge in [0, 0.05) is 22.7 Å². The molecule has 0 aliphatic carbocycles. The van der Waals surface area contributed by atoms with Crippen molar-refractivity contribution in [2.75, 3.05) is 7.11 Å². The third-order valence-electron chi connectivity index (χ3n) is 3.12. The van der Waals surface area contributed by atoms with Crippen LogP contribution in [0.5, 0.6) is 5.75 Å². The number of hydrogen-bond acceptors (Lipinski definition) is 1. The van der Waals surface area contributed by atoms with Gasteiger partial charge in [0.15, 0.2) is 0 Å². The molecule has 1 unspecified atom stereocenters. The van der Waals surface area contributed by atoms with Crippen LogP contribution >= 0.6 is 23.2 Å². The highest BCUT2D eigenvalue weighted by molar-refractivity contribution is 6.31. The second-order valence-electron chi connectivity index (χ2n) is 4.32. The predicted octanol–water partition coefficient (Wildman–Crippen LogP) is 5.26. The Morgan fingerprint density at radius 1 is 1.15 bits per heavy atom. The molecule has 0 heterocycles. The van der Waals surface area contributed by atoms with Crippen molar-refractivity contribution >= 4 is 23.2 Å². The molecule has 0 saturated carbocycles. The summed E-state index contributed by atoms with van der Waals surface area (Å²) in [5.74, 6) is -1.39. The van der Waals surface area contributed by atoms with Crippen LogP contribution in [-0.4, -0.2) is 7.11 Å². The summed E-state index contributed by atoms with van der Waals surface area (Å²) >= 11 is 12.2. The highest BCUT2D eigenvalue weighted by Gasteiger charge is 2.23. The maximum absolute atomic E-state index is 14.0. The molecular formula is C15H12Cl2F2O. The fourth-order valence-corrected chi connectivity index (χ4v) is 2.60. The molecule has 0 bridgehead atoms. The third-order valence-corrected chi connectivity index (χ3v) is 3.99. The largest absolute Gasteiger partial charge is 0.497 e. The number of alkyl halides is 1. The molecule has 0 amide bonds. The van der Waals surface area contributed by atoms with Crippen molar-refractivity contribution in [1.29, 1.82) is 0 Å². The number of rotatable bonds is 3. The Kier molecular flexibility index (Phi) is 4.51. The first-order valence-corrected chi connectivity index (χ1v) is 6.69. The molecule has 2 rings (SSSR count). The van der Waals surface area contributed by atoms with Gasteiger partial charge in [-0.25, -0.2) is 8.78 Å². The van der Waals surface area contributed by atoms with E-state index >= 15 is 0 Å². The average molecular weight is 317 g/mol. The maximum atomic E-state index is 14.0. The smallest absolute Gasteiger partial charge is 0.134 e. The van der Waals surface area contributed by atoms with Gasteiger partial charge in [-0.1, -0.05) is 23.7 Å². The Morgan fingerprint density at radius 2 is 1.75 bits per heavy atom. The van der Waals surface area contributed by atoms with Crippen LogP contribution in [0.15, 0.2) is 30.3 Å². The van der Waals surface area contributed by atoms with Gasteiger partial charge in [0.25, 0.3) is 0 Å². The van der Waals surface area contributed by atoms with Crippen LogP contribution in [0, 0.1) is 18.6 Å². The summed E-state index contributed by atoms with van der Waals surface area (Å²) in [5.41, 5.74) is 1.06. The first-order valence-electron chi connectivity index (χ1n) is 5.87. The van der Waals surface area contributed by atoms with E-state index < -0.39 is 17.0 Å². The summed E-state index contributed by atoms with van der Waals surface area (Å²) in [4.78, 5) is 0. The zero-order valence-electron chi connectivity index (χ0n) is 10.9. The van der Waals surface area contributed by atoms with Crippen LogP contribution in [-0.2, 0) is 0 Å². The fraction of sp³-hybridized carbons (Fsp3) is 0.200. The molecule has 0 aliphatic rings. The van der Waals surface area contributed by atoms with Crippen molar-refractivity contribution < 1.29 is 13.5 Å². The summed E-state index contributed by atoms with van der Waals surface area (Å²) in [6.07, 6.45) is 0. The second kappa shape index (κ2) is 5.98. The van der Waals surface area contributed by atoms with Crippen molar-refractivity contribution in [3.05, 3.63) is 63.7 Å². The van der Waals surface area contributed by atoms with E-state index in [1.54, 1.807) is 25.1 Å². The average Bonchev–Trinajstić information content (AvgIpc) is 2.40. The van der Waals surface area contributed by atoms with E-state index in [0.717, 1.165) is 12.1 Å². The van der Waals surface area contributed by atoms with E-state index in [9.17, 15) is 8.78 Å². The topological polar surface area (TPSA) is 9.23 Å². The molecule has 106 valence electrons. The zero-order chi connectivity index (χ0) is 14.9. The number of benzene rings is 2. The molecule has 20 heavy (non-hydrogen) atoms. The van der Waals surface area contributed by atoms with Crippen LogP contribution < -0.4 is 4.74 Å². The third kappa shape index (κ3) is 2.74. The van der Waals surface area contributed by atoms with Crippen molar-refractivity contribution in [2.24, 2.45) is 0 Å². The van der Waals surface area contributed by atoms with E-state index in [4.69, 9.17) is 27.9 Å². The summed E-state index contributed by atoms with van der Waals surface area (Å²) < 4.78 is 32.9. The number of ether oxygens (including phenoxy) is 1. The van der Waals surface area contributed by atoms with E-state index in [0.29, 0.717) is 16.1 Å². The lowest BCUT2D eigenvalue weighted by molar-refractivity contribution is 0.405. The van der Waals surface area contributed by atoms with Crippen molar-refractivity contribution in [1.82, 2.24) is 0 Å². The molecule has 0 aromatic heterocycles. The minimum atomic E-state index is -0.959. The fourth-order valence-electron chi connectivity index (χ4n) is 1.98. The molecule has 0 spiro atoms. The van der Waals surface area contributed by atoms with Crippen molar-refractivity contribution in [2.45, 2.75) is 12.3 Å². The molecule has 5 heteroatoms. The van der Waals surface area contributed by atoms with Gasteiger partial charge < -0.3 is 4.74 Å². The lowest BCUT2D eigenvalue weighted by Gasteiger charge is -2.16. The standard InChI is InChI=1S/C15H12Cl2F2O/c1-8-10(4-3-5-11(8)16)15(17)14-12(18)6-9(20-2)7-13(14)19/h3-7,15H,1-2H3. The van der Waals surface area contributed by atoms with Crippen LogP contribution in [0.3, 0.4) is 0 Å². The minimum absolute atomic E-state index is 0.107. The molecule has 1 nitrogen and oxygen atoms in total. The number of halogens is 4. The second-order valence-corrected chi connectivity index (χ2v) is 5.16. The van der Waals surface area contributed by atoms with Gasteiger partial charge in [0.05, 0.1) is 12.5 Å². The number of hydrogen-bond donors (Lipinski definition) is 0. The van der Waals surface area contributed by atoms with Gasteiger partial charge in [-0.2, -0.15) is 0 Å². The lowest BCUT2D eigenvalue weighted by atomic mass is 9.99. The van der Waals surface area contributed by atoms with Gasteiger partial charge >= 0.3 is 0 Å². The molecule has 0 saturated heterocycles. The number of methoxy groups -OCH3 is 1. The Labute approximate surface area is 126 Å².